The molecule has 0 saturated carbocycles. The van der Waals surface area contributed by atoms with Crippen molar-refractivity contribution in [1.82, 2.24) is 14.7 Å². The van der Waals surface area contributed by atoms with E-state index in [9.17, 15) is 22.8 Å². The van der Waals surface area contributed by atoms with Crippen molar-refractivity contribution in [2.24, 2.45) is 0 Å². The summed E-state index contributed by atoms with van der Waals surface area (Å²) in [6.07, 6.45) is 0.0763. The molecule has 2 saturated heterocycles. The standard InChI is InChI=1S/C15H24F3N3O2.CH2O2/c16-15(17,18)14(23)21-9-5-8-20(10-11-21)13(22)12-19-6-3-1-2-4-7-19;2-1-3/h1-12H2;1H,(H,2,3). The SMILES string of the molecule is O=C(CN1CCCCCC1)N1CCCN(C(=O)C(F)(F)F)CC1.O=CO. The molecule has 2 aliphatic rings. The Bertz CT molecular complexity index is 466. The molecule has 1 N–H and O–H groups in total. The van der Waals surface area contributed by atoms with E-state index in [0.717, 1.165) is 30.8 Å². The number of halogens is 3. The number of hydrogen-bond acceptors (Lipinski definition) is 4. The first-order chi connectivity index (χ1) is 12.3. The minimum absolute atomic E-state index is 0.0475. The quantitative estimate of drug-likeness (QED) is 0.727. The van der Waals surface area contributed by atoms with Crippen molar-refractivity contribution < 1.29 is 32.7 Å². The van der Waals surface area contributed by atoms with Crippen molar-refractivity contribution in [3.8, 4) is 0 Å². The van der Waals surface area contributed by atoms with Gasteiger partial charge in [0.25, 0.3) is 6.47 Å². The lowest BCUT2D eigenvalue weighted by molar-refractivity contribution is -0.185. The minimum Gasteiger partial charge on any atom is -0.483 e. The molecule has 0 radical (unpaired) electrons. The van der Waals surface area contributed by atoms with Crippen molar-refractivity contribution >= 4 is 18.3 Å². The van der Waals surface area contributed by atoms with Crippen molar-refractivity contribution in [3.05, 3.63) is 0 Å². The van der Waals surface area contributed by atoms with Crippen LogP contribution in [0.15, 0.2) is 0 Å². The maximum absolute atomic E-state index is 12.5. The third kappa shape index (κ3) is 7.59. The summed E-state index contributed by atoms with van der Waals surface area (Å²) in [5.41, 5.74) is 0. The number of carboxylic acid groups (broad SMARTS) is 1. The maximum atomic E-state index is 12.5. The second-order valence-corrected chi connectivity index (χ2v) is 6.32. The Labute approximate surface area is 150 Å². The number of alkyl halides is 3. The Morgan fingerprint density at radius 1 is 0.846 bits per heavy atom. The second-order valence-electron chi connectivity index (χ2n) is 6.32. The van der Waals surface area contributed by atoms with E-state index in [0.29, 0.717) is 19.5 Å². The molecule has 2 rings (SSSR count). The summed E-state index contributed by atoms with van der Waals surface area (Å²) in [6.45, 7) is 2.46. The summed E-state index contributed by atoms with van der Waals surface area (Å²) >= 11 is 0. The first-order valence-corrected chi connectivity index (χ1v) is 8.73. The molecule has 10 heteroatoms. The largest absolute Gasteiger partial charge is 0.483 e. The number of carbonyl (C=O) groups excluding carboxylic acids is 2. The van der Waals surface area contributed by atoms with Gasteiger partial charge in [-0.2, -0.15) is 13.2 Å². The van der Waals surface area contributed by atoms with Crippen LogP contribution in [0, 0.1) is 0 Å². The molecule has 0 aromatic heterocycles. The van der Waals surface area contributed by atoms with Crippen LogP contribution in [0.5, 0.6) is 0 Å². The lowest BCUT2D eigenvalue weighted by atomic mass is 10.2. The maximum Gasteiger partial charge on any atom is 0.471 e. The number of nitrogens with zero attached hydrogens (tertiary/aromatic N) is 3. The van der Waals surface area contributed by atoms with E-state index in [2.05, 4.69) is 4.90 Å². The van der Waals surface area contributed by atoms with E-state index in [1.165, 1.54) is 12.8 Å². The summed E-state index contributed by atoms with van der Waals surface area (Å²) in [4.78, 5) is 36.5. The topological polar surface area (TPSA) is 81.2 Å². The predicted molar refractivity (Wildman–Crippen MR) is 87.4 cm³/mol. The van der Waals surface area contributed by atoms with Crippen LogP contribution in [0.25, 0.3) is 0 Å². The van der Waals surface area contributed by atoms with Gasteiger partial charge in [-0.05, 0) is 32.4 Å². The van der Waals surface area contributed by atoms with Crippen LogP contribution in [-0.2, 0) is 14.4 Å². The number of rotatable bonds is 2. The Morgan fingerprint density at radius 2 is 1.35 bits per heavy atom. The zero-order valence-corrected chi connectivity index (χ0v) is 14.7. The van der Waals surface area contributed by atoms with Gasteiger partial charge in [-0.25, -0.2) is 0 Å². The van der Waals surface area contributed by atoms with Gasteiger partial charge >= 0.3 is 12.1 Å². The second kappa shape index (κ2) is 11.0. The summed E-state index contributed by atoms with van der Waals surface area (Å²) in [7, 11) is 0. The van der Waals surface area contributed by atoms with Gasteiger partial charge in [-0.1, -0.05) is 12.8 Å². The van der Waals surface area contributed by atoms with Crippen molar-refractivity contribution in [1.29, 1.82) is 0 Å². The highest BCUT2D eigenvalue weighted by Crippen LogP contribution is 2.19. The van der Waals surface area contributed by atoms with E-state index in [-0.39, 0.29) is 32.0 Å². The highest BCUT2D eigenvalue weighted by Gasteiger charge is 2.42. The molecule has 0 unspecified atom stereocenters. The van der Waals surface area contributed by atoms with Gasteiger partial charge in [0.1, 0.15) is 0 Å². The van der Waals surface area contributed by atoms with Gasteiger partial charge in [0.15, 0.2) is 0 Å². The molecular formula is C16H26F3N3O4. The van der Waals surface area contributed by atoms with Crippen LogP contribution in [-0.4, -0.2) is 90.1 Å². The van der Waals surface area contributed by atoms with Crippen LogP contribution in [0.2, 0.25) is 0 Å². The van der Waals surface area contributed by atoms with Crippen molar-refractivity contribution in [3.63, 3.8) is 0 Å². The van der Waals surface area contributed by atoms with E-state index in [4.69, 9.17) is 9.90 Å². The van der Waals surface area contributed by atoms with Crippen LogP contribution in [0.4, 0.5) is 13.2 Å². The molecule has 7 nitrogen and oxygen atoms in total. The number of likely N-dealkylation sites (tertiary alicyclic amines) is 1. The molecule has 150 valence electrons. The highest BCUT2D eigenvalue weighted by atomic mass is 19.4. The summed E-state index contributed by atoms with van der Waals surface area (Å²) < 4.78 is 37.5. The zero-order chi connectivity index (χ0) is 19.6. The fraction of sp³-hybridized carbons (Fsp3) is 0.812. The van der Waals surface area contributed by atoms with E-state index >= 15 is 0 Å². The van der Waals surface area contributed by atoms with E-state index in [1.54, 1.807) is 4.90 Å². The summed E-state index contributed by atoms with van der Waals surface area (Å²) in [5.74, 6) is -1.85. The van der Waals surface area contributed by atoms with Crippen molar-refractivity contribution in [2.45, 2.75) is 38.3 Å². The molecule has 2 fully saturated rings. The van der Waals surface area contributed by atoms with Gasteiger partial charge in [0.05, 0.1) is 6.54 Å². The number of amides is 2. The molecule has 0 aromatic carbocycles. The Kier molecular flexibility index (Phi) is 9.39. The molecule has 0 aliphatic carbocycles. The van der Waals surface area contributed by atoms with Crippen molar-refractivity contribution in [2.75, 3.05) is 45.8 Å². The normalized spacial score (nSPS) is 19.7. The lowest BCUT2D eigenvalue weighted by Gasteiger charge is -2.26. The average Bonchev–Trinajstić information content (AvgIpc) is 2.96. The third-order valence-electron chi connectivity index (χ3n) is 4.44. The molecule has 2 aliphatic heterocycles. The first-order valence-electron chi connectivity index (χ1n) is 8.73. The lowest BCUT2D eigenvalue weighted by Crippen LogP contribution is -2.45. The summed E-state index contributed by atoms with van der Waals surface area (Å²) in [6, 6.07) is 0. The number of carbonyl (C=O) groups is 3. The fourth-order valence-electron chi connectivity index (χ4n) is 3.13. The van der Waals surface area contributed by atoms with E-state index in [1.807, 2.05) is 0 Å². The first kappa shape index (κ1) is 22.2. The molecule has 0 bridgehead atoms. The molecular weight excluding hydrogens is 355 g/mol. The van der Waals surface area contributed by atoms with Gasteiger partial charge in [-0.3, -0.25) is 19.3 Å². The molecule has 0 spiro atoms. The van der Waals surface area contributed by atoms with Gasteiger partial charge in [0, 0.05) is 26.2 Å². The van der Waals surface area contributed by atoms with Crippen LogP contribution < -0.4 is 0 Å². The Morgan fingerprint density at radius 3 is 1.88 bits per heavy atom. The Balaban J connectivity index is 0.00000105. The van der Waals surface area contributed by atoms with Crippen LogP contribution in [0.1, 0.15) is 32.1 Å². The summed E-state index contributed by atoms with van der Waals surface area (Å²) in [5, 5.41) is 6.89. The van der Waals surface area contributed by atoms with Gasteiger partial charge in [0.2, 0.25) is 5.91 Å². The third-order valence-corrected chi connectivity index (χ3v) is 4.44. The molecule has 2 amide bonds. The fourth-order valence-corrected chi connectivity index (χ4v) is 3.13. The highest BCUT2D eigenvalue weighted by molar-refractivity contribution is 5.82. The van der Waals surface area contributed by atoms with Crippen LogP contribution >= 0.6 is 0 Å². The smallest absolute Gasteiger partial charge is 0.471 e. The zero-order valence-electron chi connectivity index (χ0n) is 14.7. The van der Waals surface area contributed by atoms with E-state index < -0.39 is 12.1 Å². The van der Waals surface area contributed by atoms with Gasteiger partial charge < -0.3 is 14.9 Å². The van der Waals surface area contributed by atoms with Crippen LogP contribution in [0.3, 0.4) is 0 Å². The average molecular weight is 381 g/mol. The molecule has 2 heterocycles. The van der Waals surface area contributed by atoms with Gasteiger partial charge in [-0.15, -0.1) is 0 Å². The molecule has 0 atom stereocenters. The molecule has 26 heavy (non-hydrogen) atoms. The number of hydrogen-bond donors (Lipinski definition) is 1. The molecule has 0 aromatic rings. The Hall–Kier alpha value is -1.84. The monoisotopic (exact) mass is 381 g/mol. The minimum atomic E-state index is -4.84. The predicted octanol–water partition coefficient (Wildman–Crippen LogP) is 1.19.